The molecule has 1 aliphatic heterocycles. The second-order valence-corrected chi connectivity index (χ2v) is 11.3. The van der Waals surface area contributed by atoms with Gasteiger partial charge < -0.3 is 15.3 Å². The van der Waals surface area contributed by atoms with E-state index in [-0.39, 0.29) is 37.1 Å². The van der Waals surface area contributed by atoms with E-state index in [1.165, 1.54) is 10.9 Å². The molecular formula is C31H32F3N7O3. The maximum absolute atomic E-state index is 13.3. The summed E-state index contributed by atoms with van der Waals surface area (Å²) in [7, 11) is 0. The SMILES string of the molecule is C=CCn1c(=O)c2cnc(Nc3ccc(C4CCN(C(=O)C(F)(F)F)CC4)cc3)nc2n1-c1ccc2c(n1)[C@@](O)(CC)CC2. The number of nitrogens with zero attached hydrogens (tertiary/aromatic N) is 6. The predicted octanol–water partition coefficient (Wildman–Crippen LogP) is 4.72. The van der Waals surface area contributed by atoms with Crippen LogP contribution in [0.1, 0.15) is 55.3 Å². The van der Waals surface area contributed by atoms with Crippen molar-refractivity contribution >= 4 is 28.6 Å². The van der Waals surface area contributed by atoms with Crippen LogP contribution in [-0.4, -0.2) is 59.5 Å². The van der Waals surface area contributed by atoms with E-state index in [1.54, 1.807) is 10.8 Å². The van der Waals surface area contributed by atoms with Crippen LogP contribution in [0.2, 0.25) is 0 Å². The molecule has 4 heterocycles. The van der Waals surface area contributed by atoms with E-state index in [2.05, 4.69) is 21.9 Å². The number of fused-ring (bicyclic) bond motifs is 2. The van der Waals surface area contributed by atoms with Crippen LogP contribution in [0.4, 0.5) is 24.8 Å². The van der Waals surface area contributed by atoms with Gasteiger partial charge in [0.25, 0.3) is 5.56 Å². The number of rotatable bonds is 7. The number of nitrogens with one attached hydrogen (secondary N) is 1. The van der Waals surface area contributed by atoms with Gasteiger partial charge in [-0.3, -0.25) is 9.59 Å². The van der Waals surface area contributed by atoms with Gasteiger partial charge in [0.1, 0.15) is 11.0 Å². The number of aliphatic hydroxyl groups is 1. The molecule has 1 fully saturated rings. The summed E-state index contributed by atoms with van der Waals surface area (Å²) in [6.07, 6.45) is 0.945. The third kappa shape index (κ3) is 5.25. The van der Waals surface area contributed by atoms with Gasteiger partial charge in [0, 0.05) is 25.0 Å². The molecule has 0 bridgehead atoms. The summed E-state index contributed by atoms with van der Waals surface area (Å²) in [6.45, 7) is 6.03. The predicted molar refractivity (Wildman–Crippen MR) is 158 cm³/mol. The Hall–Kier alpha value is -4.52. The molecule has 6 rings (SSSR count). The van der Waals surface area contributed by atoms with Crippen molar-refractivity contribution in [2.24, 2.45) is 0 Å². The number of anilines is 2. The van der Waals surface area contributed by atoms with Gasteiger partial charge in [-0.1, -0.05) is 31.2 Å². The highest BCUT2D eigenvalue weighted by Crippen LogP contribution is 2.38. The fraction of sp³-hybridized carbons (Fsp3) is 0.387. The average molecular weight is 608 g/mol. The summed E-state index contributed by atoms with van der Waals surface area (Å²) < 4.78 is 41.4. The molecule has 1 amide bonds. The Labute approximate surface area is 250 Å². The smallest absolute Gasteiger partial charge is 0.384 e. The van der Waals surface area contributed by atoms with Crippen LogP contribution >= 0.6 is 0 Å². The first kappa shape index (κ1) is 29.5. The first-order valence-electron chi connectivity index (χ1n) is 14.6. The topological polar surface area (TPSA) is 118 Å². The molecule has 1 saturated heterocycles. The minimum Gasteiger partial charge on any atom is -0.384 e. The number of carbonyl (C=O) groups is 1. The van der Waals surface area contributed by atoms with Gasteiger partial charge in [-0.15, -0.1) is 6.58 Å². The van der Waals surface area contributed by atoms with E-state index in [0.717, 1.165) is 22.4 Å². The fourth-order valence-corrected chi connectivity index (χ4v) is 6.18. The summed E-state index contributed by atoms with van der Waals surface area (Å²) in [5.41, 5.74) is 2.26. The van der Waals surface area contributed by atoms with Gasteiger partial charge in [0.2, 0.25) is 5.95 Å². The Balaban J connectivity index is 1.26. The first-order valence-corrected chi connectivity index (χ1v) is 14.6. The highest BCUT2D eigenvalue weighted by Gasteiger charge is 2.43. The maximum atomic E-state index is 13.3. The lowest BCUT2D eigenvalue weighted by molar-refractivity contribution is -0.186. The lowest BCUT2D eigenvalue weighted by atomic mass is 9.89. The molecule has 0 spiro atoms. The molecule has 0 radical (unpaired) electrons. The lowest BCUT2D eigenvalue weighted by Crippen LogP contribution is -2.45. The van der Waals surface area contributed by atoms with E-state index < -0.39 is 17.7 Å². The number of benzene rings is 1. The molecule has 4 aromatic rings. The van der Waals surface area contributed by atoms with Crippen molar-refractivity contribution < 1.29 is 23.1 Å². The molecule has 13 heteroatoms. The maximum Gasteiger partial charge on any atom is 0.471 e. The highest BCUT2D eigenvalue weighted by molar-refractivity contribution is 5.82. The highest BCUT2D eigenvalue weighted by atomic mass is 19.4. The fourth-order valence-electron chi connectivity index (χ4n) is 6.18. The van der Waals surface area contributed by atoms with Gasteiger partial charge in [-0.25, -0.2) is 19.3 Å². The molecule has 2 aliphatic rings. The summed E-state index contributed by atoms with van der Waals surface area (Å²) in [4.78, 5) is 39.6. The van der Waals surface area contributed by atoms with E-state index >= 15 is 0 Å². The van der Waals surface area contributed by atoms with Gasteiger partial charge in [-0.2, -0.15) is 18.2 Å². The first-order chi connectivity index (χ1) is 21.0. The van der Waals surface area contributed by atoms with Crippen molar-refractivity contribution in [3.05, 3.63) is 82.4 Å². The standard InChI is InChI=1S/C31H32F3N7O3/c1-3-15-40-27(42)23-18-35-29(38-26(23)41(40)24-10-7-21-11-14-30(44,4-2)25(21)37-24)36-22-8-5-19(6-9-22)20-12-16-39(17-13-20)28(43)31(32,33)34/h3,5-10,18,20,44H,1,4,11-17H2,2H3,(H,35,36,38)/t30-/m1/s1. The molecule has 0 unspecified atom stereocenters. The Kier molecular flexibility index (Phi) is 7.52. The molecule has 1 aromatic carbocycles. The summed E-state index contributed by atoms with van der Waals surface area (Å²) in [5, 5.41) is 14.6. The van der Waals surface area contributed by atoms with E-state index in [9.17, 15) is 27.9 Å². The number of piperidine rings is 1. The second kappa shape index (κ2) is 11.2. The number of aryl methyl sites for hydroxylation is 1. The zero-order valence-electron chi connectivity index (χ0n) is 24.1. The van der Waals surface area contributed by atoms with Crippen LogP contribution in [0.5, 0.6) is 0 Å². The number of pyridine rings is 1. The number of alkyl halides is 3. The number of carbonyl (C=O) groups excluding carboxylic acids is 1. The summed E-state index contributed by atoms with van der Waals surface area (Å²) in [6, 6.07) is 11.2. The van der Waals surface area contributed by atoms with E-state index in [1.807, 2.05) is 43.3 Å². The van der Waals surface area contributed by atoms with Gasteiger partial charge >= 0.3 is 12.1 Å². The zero-order chi connectivity index (χ0) is 31.2. The van der Waals surface area contributed by atoms with Crippen molar-refractivity contribution in [1.29, 1.82) is 0 Å². The van der Waals surface area contributed by atoms with Crippen molar-refractivity contribution in [2.75, 3.05) is 18.4 Å². The molecule has 230 valence electrons. The third-order valence-electron chi connectivity index (χ3n) is 8.66. The van der Waals surface area contributed by atoms with Crippen molar-refractivity contribution in [1.82, 2.24) is 29.2 Å². The Morgan fingerprint density at radius 2 is 1.89 bits per heavy atom. The molecule has 0 saturated carbocycles. The lowest BCUT2D eigenvalue weighted by Gasteiger charge is -2.32. The monoisotopic (exact) mass is 607 g/mol. The second-order valence-electron chi connectivity index (χ2n) is 11.3. The van der Waals surface area contributed by atoms with E-state index in [4.69, 9.17) is 4.98 Å². The molecule has 10 nitrogen and oxygen atoms in total. The van der Waals surface area contributed by atoms with Crippen LogP contribution in [0.25, 0.3) is 16.9 Å². The van der Waals surface area contributed by atoms with Crippen LogP contribution in [0.15, 0.2) is 60.0 Å². The van der Waals surface area contributed by atoms with Crippen LogP contribution < -0.4 is 10.9 Å². The van der Waals surface area contributed by atoms with Crippen molar-refractivity contribution in [2.45, 2.75) is 63.3 Å². The minimum atomic E-state index is -4.86. The number of amides is 1. The minimum absolute atomic E-state index is 0.0400. The van der Waals surface area contributed by atoms with Crippen LogP contribution in [-0.2, 0) is 23.4 Å². The Morgan fingerprint density at radius 1 is 1.16 bits per heavy atom. The van der Waals surface area contributed by atoms with Gasteiger partial charge in [0.05, 0.1) is 12.2 Å². The van der Waals surface area contributed by atoms with Crippen molar-refractivity contribution in [3.63, 3.8) is 0 Å². The Morgan fingerprint density at radius 3 is 2.55 bits per heavy atom. The van der Waals surface area contributed by atoms with Crippen LogP contribution in [0, 0.1) is 0 Å². The normalized spacial score (nSPS) is 18.9. The zero-order valence-corrected chi connectivity index (χ0v) is 24.1. The Bertz CT molecular complexity index is 1790. The number of hydrogen-bond acceptors (Lipinski definition) is 7. The number of halogens is 3. The molecule has 2 N–H and O–H groups in total. The largest absolute Gasteiger partial charge is 0.471 e. The van der Waals surface area contributed by atoms with Crippen LogP contribution in [0.3, 0.4) is 0 Å². The molecule has 44 heavy (non-hydrogen) atoms. The number of allylic oxidation sites excluding steroid dienone is 1. The summed E-state index contributed by atoms with van der Waals surface area (Å²) in [5.74, 6) is -1.05. The third-order valence-corrected chi connectivity index (χ3v) is 8.66. The number of likely N-dealkylation sites (tertiary alicyclic amines) is 1. The molecule has 1 aliphatic carbocycles. The molecular weight excluding hydrogens is 575 g/mol. The quantitative estimate of drug-likeness (QED) is 0.292. The van der Waals surface area contributed by atoms with E-state index in [0.29, 0.717) is 53.9 Å². The number of hydrogen-bond donors (Lipinski definition) is 2. The van der Waals surface area contributed by atoms with Gasteiger partial charge in [0.15, 0.2) is 11.5 Å². The molecule has 3 aromatic heterocycles. The van der Waals surface area contributed by atoms with Gasteiger partial charge in [-0.05, 0) is 67.3 Å². The summed E-state index contributed by atoms with van der Waals surface area (Å²) >= 11 is 0. The van der Waals surface area contributed by atoms with Crippen molar-refractivity contribution in [3.8, 4) is 5.82 Å². The number of aromatic nitrogens is 5. The molecule has 1 atom stereocenters. The average Bonchev–Trinajstić information content (AvgIpc) is 3.50.